The first kappa shape index (κ1) is 29.8. The highest BCUT2D eigenvalue weighted by Crippen LogP contribution is 2.42. The molecular formula is C24H28F5N5O4Si. The van der Waals surface area contributed by atoms with E-state index in [0.29, 0.717) is 6.61 Å². The summed E-state index contributed by atoms with van der Waals surface area (Å²) in [5.41, 5.74) is 3.42. The van der Waals surface area contributed by atoms with Gasteiger partial charge in [0, 0.05) is 57.9 Å². The molecule has 0 aliphatic heterocycles. The Bertz CT molecular complexity index is 1330. The molecule has 0 atom stereocenters. The number of ether oxygens (including phenoxy) is 2. The number of primary amides is 1. The van der Waals surface area contributed by atoms with Crippen LogP contribution in [0.25, 0.3) is 11.0 Å². The molecular weight excluding hydrogens is 545 g/mol. The first-order valence-corrected chi connectivity index (χ1v) is 15.5. The van der Waals surface area contributed by atoms with Crippen LogP contribution in [0.5, 0.6) is 11.5 Å². The predicted octanol–water partition coefficient (Wildman–Crippen LogP) is 5.43. The van der Waals surface area contributed by atoms with Crippen LogP contribution in [-0.4, -0.2) is 42.7 Å². The maximum absolute atomic E-state index is 14.8. The average Bonchev–Trinajstić information content (AvgIpc) is 3.18. The number of fused-ring (bicyclic) bond motifs is 1. The fraction of sp³-hybridized carbons (Fsp3) is 0.375. The quantitative estimate of drug-likeness (QED) is 0.160. The van der Waals surface area contributed by atoms with Crippen LogP contribution in [0.15, 0.2) is 30.6 Å². The number of urea groups is 1. The minimum Gasteiger partial charge on any atom is -0.450 e. The van der Waals surface area contributed by atoms with E-state index in [1.54, 1.807) is 0 Å². The van der Waals surface area contributed by atoms with Crippen molar-refractivity contribution < 1.29 is 41.0 Å². The molecule has 0 aliphatic rings. The van der Waals surface area contributed by atoms with Crippen molar-refractivity contribution in [3.8, 4) is 11.5 Å². The van der Waals surface area contributed by atoms with Gasteiger partial charge in [-0.05, 0) is 12.1 Å². The smallest absolute Gasteiger partial charge is 0.418 e. The Morgan fingerprint density at radius 3 is 2.41 bits per heavy atom. The molecule has 0 aliphatic carbocycles. The number of halogens is 5. The summed E-state index contributed by atoms with van der Waals surface area (Å²) >= 11 is 0. The van der Waals surface area contributed by atoms with Gasteiger partial charge in [0.2, 0.25) is 5.91 Å². The van der Waals surface area contributed by atoms with Gasteiger partial charge in [0.25, 0.3) is 0 Å². The molecule has 0 saturated heterocycles. The van der Waals surface area contributed by atoms with E-state index in [9.17, 15) is 31.5 Å². The number of amides is 3. The summed E-state index contributed by atoms with van der Waals surface area (Å²) in [5.74, 6) is -4.67. The van der Waals surface area contributed by atoms with Crippen LogP contribution < -0.4 is 21.1 Å². The molecule has 0 radical (unpaired) electrons. The summed E-state index contributed by atoms with van der Waals surface area (Å²) in [7, 11) is -1.42. The normalized spacial score (nSPS) is 12.0. The van der Waals surface area contributed by atoms with E-state index in [-0.39, 0.29) is 31.0 Å². The molecule has 0 fully saturated rings. The zero-order valence-electron chi connectivity index (χ0n) is 21.4. The molecule has 4 N–H and O–H groups in total. The predicted molar refractivity (Wildman–Crippen MR) is 136 cm³/mol. The molecule has 9 nitrogen and oxygen atoms in total. The van der Waals surface area contributed by atoms with Crippen molar-refractivity contribution in [3.63, 3.8) is 0 Å². The lowest BCUT2D eigenvalue weighted by molar-refractivity contribution is -0.136. The van der Waals surface area contributed by atoms with Crippen molar-refractivity contribution >= 4 is 36.7 Å². The van der Waals surface area contributed by atoms with E-state index in [1.807, 2.05) is 0 Å². The summed E-state index contributed by atoms with van der Waals surface area (Å²) in [4.78, 5) is 26.6. The number of carbonyl (C=O) groups is 2. The van der Waals surface area contributed by atoms with Crippen molar-refractivity contribution in [3.05, 3.63) is 47.8 Å². The number of nitrogens with zero attached hydrogens (tertiary/aromatic N) is 2. The molecule has 3 amide bonds. The summed E-state index contributed by atoms with van der Waals surface area (Å²) < 4.78 is 83.3. The molecule has 1 aromatic carbocycles. The minimum atomic E-state index is -4.82. The van der Waals surface area contributed by atoms with Crippen molar-refractivity contribution in [1.29, 1.82) is 0 Å². The molecule has 0 saturated carbocycles. The fourth-order valence-corrected chi connectivity index (χ4v) is 4.20. The monoisotopic (exact) mass is 573 g/mol. The lowest BCUT2D eigenvalue weighted by Gasteiger charge is -2.15. The Morgan fingerprint density at radius 2 is 1.82 bits per heavy atom. The van der Waals surface area contributed by atoms with Crippen molar-refractivity contribution in [2.75, 3.05) is 18.5 Å². The number of aromatic nitrogens is 2. The molecule has 0 unspecified atom stereocenters. The first-order chi connectivity index (χ1) is 18.2. The number of nitrogens with two attached hydrogens (primary N) is 1. The standard InChI is InChI=1S/C24H28F5N5O4Si/c1-39(2,3)9-8-37-13-34-12-15(24(27,28)29)20-18(4-6-31-22(20)34)38-21-16(25)10-14(11-17(21)26)33-23(36)32-7-5-19(30)35/h4,6,10-12H,5,7-9,13H2,1-3H3,(H2,30,35)(H2,32,33,36). The minimum absolute atomic E-state index is 0.101. The molecule has 15 heteroatoms. The highest BCUT2D eigenvalue weighted by Gasteiger charge is 2.37. The van der Waals surface area contributed by atoms with E-state index in [4.69, 9.17) is 15.2 Å². The topological polar surface area (TPSA) is 120 Å². The van der Waals surface area contributed by atoms with Crippen LogP contribution in [0.2, 0.25) is 25.7 Å². The van der Waals surface area contributed by atoms with Gasteiger partial charge in [-0.25, -0.2) is 18.6 Å². The number of rotatable bonds is 11. The number of carbonyl (C=O) groups excluding carboxylic acids is 2. The van der Waals surface area contributed by atoms with Gasteiger partial charge in [-0.3, -0.25) is 4.79 Å². The Hall–Kier alpha value is -3.72. The van der Waals surface area contributed by atoms with Gasteiger partial charge in [0.15, 0.2) is 17.4 Å². The zero-order chi connectivity index (χ0) is 29.0. The van der Waals surface area contributed by atoms with E-state index >= 15 is 0 Å². The molecule has 0 spiro atoms. The van der Waals surface area contributed by atoms with Crippen LogP contribution in [-0.2, 0) is 22.4 Å². The summed E-state index contributed by atoms with van der Waals surface area (Å²) in [6.45, 7) is 6.45. The third-order valence-electron chi connectivity index (χ3n) is 5.38. The van der Waals surface area contributed by atoms with E-state index < -0.39 is 60.3 Å². The van der Waals surface area contributed by atoms with Gasteiger partial charge in [-0.1, -0.05) is 19.6 Å². The van der Waals surface area contributed by atoms with Crippen LogP contribution in [0, 0.1) is 11.6 Å². The van der Waals surface area contributed by atoms with Crippen molar-refractivity contribution in [2.45, 2.75) is 45.0 Å². The van der Waals surface area contributed by atoms with E-state index in [2.05, 4.69) is 35.3 Å². The van der Waals surface area contributed by atoms with E-state index in [0.717, 1.165) is 41.2 Å². The van der Waals surface area contributed by atoms with Gasteiger partial charge in [0.05, 0.1) is 10.9 Å². The number of benzene rings is 1. The Balaban J connectivity index is 1.87. The second-order valence-corrected chi connectivity index (χ2v) is 15.5. The summed E-state index contributed by atoms with van der Waals surface area (Å²) in [6, 6.07) is 2.46. The van der Waals surface area contributed by atoms with Crippen LogP contribution >= 0.6 is 0 Å². The van der Waals surface area contributed by atoms with Crippen molar-refractivity contribution in [1.82, 2.24) is 14.9 Å². The third kappa shape index (κ3) is 8.13. The summed E-state index contributed by atoms with van der Waals surface area (Å²) in [6.07, 6.45) is -3.00. The molecule has 39 heavy (non-hydrogen) atoms. The SMILES string of the molecule is C[Si](C)(C)CCOCn1cc(C(F)(F)F)c2c(Oc3c(F)cc(NC(=O)NCCC(N)=O)cc3F)ccnc21. The molecule has 3 aromatic rings. The Morgan fingerprint density at radius 1 is 1.15 bits per heavy atom. The molecule has 0 bridgehead atoms. The second-order valence-electron chi connectivity index (χ2n) is 9.83. The number of hydrogen-bond acceptors (Lipinski definition) is 5. The molecule has 3 rings (SSSR count). The number of alkyl halides is 3. The number of pyridine rings is 1. The maximum Gasteiger partial charge on any atom is 0.418 e. The highest BCUT2D eigenvalue weighted by atomic mass is 28.3. The van der Waals surface area contributed by atoms with Crippen LogP contribution in [0.4, 0.5) is 32.4 Å². The molecule has 212 valence electrons. The van der Waals surface area contributed by atoms with Crippen LogP contribution in [0.3, 0.4) is 0 Å². The molecule has 2 aromatic heterocycles. The number of hydrogen-bond donors (Lipinski definition) is 3. The second kappa shape index (κ2) is 12.0. The number of nitrogens with one attached hydrogen (secondary N) is 2. The molecule has 2 heterocycles. The fourth-order valence-electron chi connectivity index (χ4n) is 3.44. The van der Waals surface area contributed by atoms with Gasteiger partial charge < -0.3 is 30.4 Å². The van der Waals surface area contributed by atoms with Gasteiger partial charge in [0.1, 0.15) is 18.1 Å². The third-order valence-corrected chi connectivity index (χ3v) is 7.08. The Labute approximate surface area is 221 Å². The first-order valence-electron chi connectivity index (χ1n) is 11.8. The maximum atomic E-state index is 14.8. The largest absolute Gasteiger partial charge is 0.450 e. The van der Waals surface area contributed by atoms with Crippen molar-refractivity contribution in [2.24, 2.45) is 5.73 Å². The van der Waals surface area contributed by atoms with Gasteiger partial charge in [-0.2, -0.15) is 13.2 Å². The Kier molecular flexibility index (Phi) is 9.17. The highest BCUT2D eigenvalue weighted by molar-refractivity contribution is 6.76. The van der Waals surface area contributed by atoms with Crippen LogP contribution in [0.1, 0.15) is 12.0 Å². The lowest BCUT2D eigenvalue weighted by Crippen LogP contribution is -2.31. The van der Waals surface area contributed by atoms with Gasteiger partial charge in [-0.15, -0.1) is 0 Å². The van der Waals surface area contributed by atoms with Gasteiger partial charge >= 0.3 is 12.2 Å². The number of anilines is 1. The summed E-state index contributed by atoms with van der Waals surface area (Å²) in [5, 5.41) is 3.95. The lowest BCUT2D eigenvalue weighted by atomic mass is 10.2. The zero-order valence-corrected chi connectivity index (χ0v) is 22.4. The van der Waals surface area contributed by atoms with E-state index in [1.165, 1.54) is 0 Å². The average molecular weight is 574 g/mol.